The summed E-state index contributed by atoms with van der Waals surface area (Å²) in [5, 5.41) is 0. The van der Waals surface area contributed by atoms with Crippen LogP contribution in [0, 0.1) is 4.91 Å². The molecule has 8 nitrogen and oxygen atoms in total. The summed E-state index contributed by atoms with van der Waals surface area (Å²) >= 11 is 0. The van der Waals surface area contributed by atoms with Gasteiger partial charge < -0.3 is 0 Å². The van der Waals surface area contributed by atoms with E-state index >= 15 is 0 Å². The maximum absolute atomic E-state index is 9.90. The van der Waals surface area contributed by atoms with Gasteiger partial charge in [-0.1, -0.05) is 4.33 Å². The highest BCUT2D eigenvalue weighted by Gasteiger charge is 2.15. The summed E-state index contributed by atoms with van der Waals surface area (Å²) in [5.74, 6) is 0. The molecule has 62 valence electrons. The summed E-state index contributed by atoms with van der Waals surface area (Å²) in [6, 6.07) is 0. The first kappa shape index (κ1) is 10.5. The fourth-order valence-electron chi connectivity index (χ4n) is 0.0862. The standard InChI is InChI=1S/BNO7S2/c1-10(4,5)8-9-11(6,7)2-3. The van der Waals surface area contributed by atoms with Crippen LogP contribution in [0.4, 0.5) is 0 Å². The first-order valence-electron chi connectivity index (χ1n) is 1.77. The van der Waals surface area contributed by atoms with Crippen LogP contribution in [0.5, 0.6) is 0 Å². The topological polar surface area (TPSA) is 116 Å². The van der Waals surface area contributed by atoms with E-state index in [1.807, 2.05) is 0 Å². The molecule has 0 aliphatic carbocycles. The Balaban J connectivity index is 4.24. The van der Waals surface area contributed by atoms with Gasteiger partial charge >= 0.3 is 10.3 Å². The minimum Gasteiger partial charge on any atom is -0.212 e. The summed E-state index contributed by atoms with van der Waals surface area (Å²) in [5.41, 5.74) is 0. The molecular weight excluding hydrogens is 201 g/mol. The van der Waals surface area contributed by atoms with Crippen LogP contribution in [0.3, 0.4) is 0 Å². The zero-order valence-electron chi connectivity index (χ0n) is 4.70. The molecule has 0 bridgehead atoms. The van der Waals surface area contributed by atoms with Gasteiger partial charge in [-0.3, -0.25) is 0 Å². The van der Waals surface area contributed by atoms with E-state index in [9.17, 15) is 21.7 Å². The lowest BCUT2D eigenvalue weighted by Crippen LogP contribution is -2.09. The zero-order valence-corrected chi connectivity index (χ0v) is 6.33. The summed E-state index contributed by atoms with van der Waals surface area (Å²) in [6.07, 6.45) is 0. The molecule has 0 unspecified atom stereocenters. The average Bonchev–Trinajstić information content (AvgIpc) is 1.83. The molecule has 0 aromatic carbocycles. The highest BCUT2D eigenvalue weighted by molar-refractivity contribution is 8.08. The Morgan fingerprint density at radius 1 is 1.09 bits per heavy atom. The molecule has 0 rings (SSSR count). The molecule has 2 radical (unpaired) electrons. The molecule has 11 heavy (non-hydrogen) atoms. The van der Waals surface area contributed by atoms with E-state index in [4.69, 9.17) is 0 Å². The first-order valence-corrected chi connectivity index (χ1v) is 4.60. The van der Waals surface area contributed by atoms with Gasteiger partial charge in [0.15, 0.2) is 0 Å². The van der Waals surface area contributed by atoms with Gasteiger partial charge in [0.05, 0.1) is 4.58 Å². The van der Waals surface area contributed by atoms with Gasteiger partial charge in [-0.25, -0.2) is 8.42 Å². The van der Waals surface area contributed by atoms with E-state index in [-0.39, 0.29) is 0 Å². The van der Waals surface area contributed by atoms with Crippen molar-refractivity contribution in [3.63, 3.8) is 0 Å². The van der Waals surface area contributed by atoms with Crippen molar-refractivity contribution in [2.45, 2.75) is 0 Å². The first-order chi connectivity index (χ1) is 4.77. The molecule has 0 N–H and O–H groups in total. The van der Waals surface area contributed by atoms with Crippen LogP contribution in [-0.4, -0.2) is 24.0 Å². The third-order valence-electron chi connectivity index (χ3n) is 0.300. The van der Waals surface area contributed by atoms with Crippen molar-refractivity contribution in [1.82, 2.24) is 0 Å². The Morgan fingerprint density at radius 2 is 1.55 bits per heavy atom. The minimum atomic E-state index is -4.86. The highest BCUT2D eigenvalue weighted by atomic mass is 32.2. The van der Waals surface area contributed by atoms with Crippen molar-refractivity contribution in [2.24, 2.45) is 4.58 Å². The van der Waals surface area contributed by atoms with Gasteiger partial charge in [0.25, 0.3) is 7.12 Å². The lowest BCUT2D eigenvalue weighted by molar-refractivity contribution is -0.0818. The lowest BCUT2D eigenvalue weighted by atomic mass is 10.8. The summed E-state index contributed by atoms with van der Waals surface area (Å²) in [4.78, 5) is 9.26. The number of hydrogen-bond acceptors (Lipinski definition) is 7. The van der Waals surface area contributed by atoms with Gasteiger partial charge in [-0.2, -0.15) is 8.42 Å². The minimum absolute atomic E-state index is 1.38. The van der Waals surface area contributed by atoms with Crippen LogP contribution in [0.15, 0.2) is 4.58 Å². The molecule has 0 saturated carbocycles. The number of rotatable bonds is 4. The van der Waals surface area contributed by atoms with Crippen LogP contribution in [-0.2, 0) is 28.9 Å². The number of hydrogen-bond donors (Lipinski definition) is 0. The van der Waals surface area contributed by atoms with Gasteiger partial charge in [-0.15, -0.1) is 9.24 Å². The van der Waals surface area contributed by atoms with Crippen LogP contribution < -0.4 is 0 Å². The molecule has 0 amide bonds. The van der Waals surface area contributed by atoms with Crippen molar-refractivity contribution in [3.8, 4) is 0 Å². The molecule has 0 spiro atoms. The van der Waals surface area contributed by atoms with E-state index in [0.29, 0.717) is 0 Å². The van der Waals surface area contributed by atoms with Crippen molar-refractivity contribution < 1.29 is 25.5 Å². The Bertz CT molecular complexity index is 321. The molecular formula is BNO7S2. The Kier molecular flexibility index (Phi) is 3.10. The number of nitrogens with zero attached hydrogens (tertiary/aromatic N) is 1. The molecule has 0 heterocycles. The maximum atomic E-state index is 9.90. The largest absolute Gasteiger partial charge is 0.443 e. The molecule has 0 atom stereocenters. The van der Waals surface area contributed by atoms with E-state index in [1.54, 1.807) is 0 Å². The molecule has 0 aromatic heterocycles. The molecule has 0 aliphatic heterocycles. The van der Waals surface area contributed by atoms with Crippen molar-refractivity contribution >= 4 is 27.4 Å². The fraction of sp³-hybridized carbons (Fsp3) is 0. The third kappa shape index (κ3) is 5.91. The Labute approximate surface area is 63.1 Å². The molecule has 0 aromatic rings. The van der Waals surface area contributed by atoms with E-state index in [1.165, 1.54) is 4.58 Å². The monoisotopic (exact) mass is 201 g/mol. The quantitative estimate of drug-likeness (QED) is 0.231. The SMILES string of the molecule is [B]S(=O)(=O)OOS(=O)(=O)N=O. The predicted molar refractivity (Wildman–Crippen MR) is 31.6 cm³/mol. The summed E-state index contributed by atoms with van der Waals surface area (Å²) in [6.45, 7) is 0. The summed E-state index contributed by atoms with van der Waals surface area (Å²) in [7, 11) is -5.32. The normalized spacial score (nSPS) is 12.7. The van der Waals surface area contributed by atoms with Crippen LogP contribution in [0.25, 0.3) is 0 Å². The van der Waals surface area contributed by atoms with E-state index < -0.39 is 20.3 Å². The average molecular weight is 201 g/mol. The van der Waals surface area contributed by atoms with Gasteiger partial charge in [-0.05, 0) is 0 Å². The second-order valence-corrected chi connectivity index (χ2v) is 3.39. The van der Waals surface area contributed by atoms with Crippen molar-refractivity contribution in [3.05, 3.63) is 4.91 Å². The number of nitroso groups, excluding NO2 is 1. The second kappa shape index (κ2) is 3.25. The zero-order chi connectivity index (χ0) is 9.12. The Morgan fingerprint density at radius 3 is 1.82 bits per heavy atom. The fourth-order valence-corrected chi connectivity index (χ4v) is 0.702. The molecule has 0 fully saturated rings. The lowest BCUT2D eigenvalue weighted by Gasteiger charge is -1.93. The predicted octanol–water partition coefficient (Wildman–Crippen LogP) is -1.64. The van der Waals surface area contributed by atoms with E-state index in [2.05, 4.69) is 15.8 Å². The summed E-state index contributed by atoms with van der Waals surface area (Å²) < 4.78 is 46.9. The van der Waals surface area contributed by atoms with Crippen molar-refractivity contribution in [1.29, 1.82) is 0 Å². The smallest absolute Gasteiger partial charge is 0.212 e. The van der Waals surface area contributed by atoms with Gasteiger partial charge in [0, 0.05) is 0 Å². The molecule has 0 aliphatic rings. The molecule has 11 heteroatoms. The third-order valence-corrected chi connectivity index (χ3v) is 1.07. The molecule has 0 saturated heterocycles. The van der Waals surface area contributed by atoms with Gasteiger partial charge in [0.1, 0.15) is 0 Å². The van der Waals surface area contributed by atoms with Crippen molar-refractivity contribution in [2.75, 3.05) is 0 Å². The second-order valence-electron chi connectivity index (χ2n) is 1.13. The van der Waals surface area contributed by atoms with Crippen LogP contribution in [0.1, 0.15) is 0 Å². The van der Waals surface area contributed by atoms with Gasteiger partial charge in [0.2, 0.25) is 9.97 Å². The van der Waals surface area contributed by atoms with Crippen LogP contribution in [0.2, 0.25) is 0 Å². The van der Waals surface area contributed by atoms with E-state index in [0.717, 1.165) is 0 Å². The Hall–Kier alpha value is -0.515. The maximum Gasteiger partial charge on any atom is 0.443 e. The van der Waals surface area contributed by atoms with Crippen LogP contribution >= 0.6 is 0 Å². The highest BCUT2D eigenvalue weighted by Crippen LogP contribution is 1.97.